The van der Waals surface area contributed by atoms with Gasteiger partial charge in [0.1, 0.15) is 18.2 Å². The van der Waals surface area contributed by atoms with Gasteiger partial charge in [0.15, 0.2) is 0 Å². The van der Waals surface area contributed by atoms with E-state index in [2.05, 4.69) is 36.2 Å². The molecule has 1 fully saturated rings. The number of nitrogens with one attached hydrogen (secondary N) is 1. The molecule has 5 nitrogen and oxygen atoms in total. The van der Waals surface area contributed by atoms with Gasteiger partial charge in [0.05, 0.1) is 5.56 Å². The van der Waals surface area contributed by atoms with Gasteiger partial charge in [-0.25, -0.2) is 15.8 Å². The first-order chi connectivity index (χ1) is 9.15. The van der Waals surface area contributed by atoms with Crippen molar-refractivity contribution in [1.29, 1.82) is 0 Å². The van der Waals surface area contributed by atoms with Gasteiger partial charge in [0.25, 0.3) is 0 Å². The number of ether oxygens (including phenoxy) is 1. The maximum Gasteiger partial charge on any atom is 0.222 e. The van der Waals surface area contributed by atoms with Gasteiger partial charge in [-0.2, -0.15) is 0 Å². The lowest BCUT2D eigenvalue weighted by Gasteiger charge is -2.32. The highest BCUT2D eigenvalue weighted by Gasteiger charge is 2.26. The average molecular weight is 264 g/mol. The number of rotatable bonds is 4. The fourth-order valence-corrected chi connectivity index (χ4v) is 2.70. The van der Waals surface area contributed by atoms with Crippen molar-refractivity contribution in [3.63, 3.8) is 0 Å². The van der Waals surface area contributed by atoms with Crippen LogP contribution in [-0.4, -0.2) is 16.1 Å². The minimum Gasteiger partial charge on any atom is -0.474 e. The third-order valence-electron chi connectivity index (χ3n) is 4.22. The predicted octanol–water partition coefficient (Wildman–Crippen LogP) is 2.53. The smallest absolute Gasteiger partial charge is 0.222 e. The van der Waals surface area contributed by atoms with E-state index in [1.54, 1.807) is 0 Å². The molecular formula is C14H24N4O. The van der Waals surface area contributed by atoms with E-state index < -0.39 is 0 Å². The van der Waals surface area contributed by atoms with E-state index >= 15 is 0 Å². The van der Waals surface area contributed by atoms with Gasteiger partial charge in [-0.1, -0.05) is 20.8 Å². The highest BCUT2D eigenvalue weighted by Crippen LogP contribution is 2.32. The predicted molar refractivity (Wildman–Crippen MR) is 75.8 cm³/mol. The van der Waals surface area contributed by atoms with Crippen LogP contribution in [0.1, 0.15) is 45.6 Å². The summed E-state index contributed by atoms with van der Waals surface area (Å²) in [5.41, 5.74) is 3.56. The van der Waals surface area contributed by atoms with Gasteiger partial charge >= 0.3 is 0 Å². The molecule has 1 aromatic heterocycles. The van der Waals surface area contributed by atoms with Crippen molar-refractivity contribution in [2.75, 3.05) is 5.43 Å². The van der Waals surface area contributed by atoms with Gasteiger partial charge in [-0.05, 0) is 37.5 Å². The van der Waals surface area contributed by atoms with Crippen molar-refractivity contribution in [2.24, 2.45) is 17.7 Å². The Morgan fingerprint density at radius 1 is 1.32 bits per heavy atom. The molecule has 0 amide bonds. The third-order valence-corrected chi connectivity index (χ3v) is 4.22. The van der Waals surface area contributed by atoms with Crippen LogP contribution in [0, 0.1) is 11.8 Å². The molecule has 0 spiro atoms. The molecule has 1 saturated carbocycles. The van der Waals surface area contributed by atoms with Gasteiger partial charge in [0.2, 0.25) is 5.88 Å². The van der Waals surface area contributed by atoms with Crippen molar-refractivity contribution in [3.8, 4) is 5.88 Å². The first-order valence-electron chi connectivity index (χ1n) is 7.12. The Morgan fingerprint density at radius 2 is 2.11 bits per heavy atom. The molecule has 19 heavy (non-hydrogen) atoms. The molecule has 0 aromatic carbocycles. The molecule has 3 unspecified atom stereocenters. The lowest BCUT2D eigenvalue weighted by atomic mass is 9.80. The number of hydrogen-bond donors (Lipinski definition) is 2. The van der Waals surface area contributed by atoms with Gasteiger partial charge in [0, 0.05) is 0 Å². The van der Waals surface area contributed by atoms with Crippen LogP contribution in [0.3, 0.4) is 0 Å². The summed E-state index contributed by atoms with van der Waals surface area (Å²) in [6.07, 6.45) is 5.98. The summed E-state index contributed by atoms with van der Waals surface area (Å²) >= 11 is 0. The zero-order chi connectivity index (χ0) is 13.8. The molecule has 1 aromatic rings. The topological polar surface area (TPSA) is 73.1 Å². The molecule has 3 atom stereocenters. The van der Waals surface area contributed by atoms with Gasteiger partial charge < -0.3 is 10.2 Å². The zero-order valence-corrected chi connectivity index (χ0v) is 12.0. The standard InChI is InChI=1S/C14H24N4O/c1-4-12-13(18-15)16-8-17-14(12)19-11-6-5-9(2)10(3)7-11/h8-11H,4-7,15H2,1-3H3,(H,16,17,18). The van der Waals surface area contributed by atoms with E-state index in [4.69, 9.17) is 10.6 Å². The summed E-state index contributed by atoms with van der Waals surface area (Å²) in [5.74, 6) is 8.30. The number of hydrazine groups is 1. The maximum atomic E-state index is 6.09. The molecule has 0 aliphatic heterocycles. The fraction of sp³-hybridized carbons (Fsp3) is 0.714. The SMILES string of the molecule is CCc1c(NN)ncnc1OC1CCC(C)C(C)C1. The van der Waals surface area contributed by atoms with Crippen LogP contribution in [0.15, 0.2) is 6.33 Å². The summed E-state index contributed by atoms with van der Waals surface area (Å²) in [4.78, 5) is 8.39. The van der Waals surface area contributed by atoms with Crippen LogP contribution < -0.4 is 16.0 Å². The minimum absolute atomic E-state index is 0.261. The third kappa shape index (κ3) is 3.15. The van der Waals surface area contributed by atoms with Crippen molar-refractivity contribution in [2.45, 2.75) is 52.6 Å². The van der Waals surface area contributed by atoms with Gasteiger partial charge in [-0.15, -0.1) is 0 Å². The highest BCUT2D eigenvalue weighted by molar-refractivity contribution is 5.47. The Kier molecular flexibility index (Phi) is 4.58. The van der Waals surface area contributed by atoms with Crippen LogP contribution in [0.5, 0.6) is 5.88 Å². The Balaban J connectivity index is 2.11. The Morgan fingerprint density at radius 3 is 2.74 bits per heavy atom. The monoisotopic (exact) mass is 264 g/mol. The fourth-order valence-electron chi connectivity index (χ4n) is 2.70. The van der Waals surface area contributed by atoms with E-state index in [0.29, 0.717) is 17.6 Å². The second kappa shape index (κ2) is 6.19. The molecular weight excluding hydrogens is 240 g/mol. The molecule has 0 bridgehead atoms. The van der Waals surface area contributed by atoms with Crippen molar-refractivity contribution < 1.29 is 4.74 Å². The number of nitrogens with zero attached hydrogens (tertiary/aromatic N) is 2. The molecule has 5 heteroatoms. The summed E-state index contributed by atoms with van der Waals surface area (Å²) in [5, 5.41) is 0. The normalized spacial score (nSPS) is 27.1. The Labute approximate surface area is 114 Å². The van der Waals surface area contributed by atoms with Gasteiger partial charge in [-0.3, -0.25) is 0 Å². The molecule has 0 radical (unpaired) electrons. The number of anilines is 1. The maximum absolute atomic E-state index is 6.09. The highest BCUT2D eigenvalue weighted by atomic mass is 16.5. The Hall–Kier alpha value is -1.36. The molecule has 106 valence electrons. The van der Waals surface area contributed by atoms with E-state index in [0.717, 1.165) is 30.7 Å². The lowest BCUT2D eigenvalue weighted by Crippen LogP contribution is -2.29. The van der Waals surface area contributed by atoms with Crippen LogP contribution in [0.25, 0.3) is 0 Å². The van der Waals surface area contributed by atoms with E-state index in [1.165, 1.54) is 12.7 Å². The van der Waals surface area contributed by atoms with Crippen molar-refractivity contribution in [3.05, 3.63) is 11.9 Å². The van der Waals surface area contributed by atoms with Crippen molar-refractivity contribution >= 4 is 5.82 Å². The minimum atomic E-state index is 0.261. The quantitative estimate of drug-likeness (QED) is 0.646. The second-order valence-electron chi connectivity index (χ2n) is 5.51. The first kappa shape index (κ1) is 14.1. The summed E-state index contributed by atoms with van der Waals surface area (Å²) in [7, 11) is 0. The molecule has 1 aliphatic carbocycles. The van der Waals surface area contributed by atoms with Crippen LogP contribution in [0.2, 0.25) is 0 Å². The molecule has 2 rings (SSSR count). The van der Waals surface area contributed by atoms with Crippen LogP contribution >= 0.6 is 0 Å². The van der Waals surface area contributed by atoms with Crippen LogP contribution in [0.4, 0.5) is 5.82 Å². The summed E-state index contributed by atoms with van der Waals surface area (Å²) in [6, 6.07) is 0. The van der Waals surface area contributed by atoms with E-state index in [9.17, 15) is 0 Å². The molecule has 1 aliphatic rings. The molecule has 1 heterocycles. The molecule has 0 saturated heterocycles. The first-order valence-corrected chi connectivity index (χ1v) is 7.12. The molecule has 3 N–H and O–H groups in total. The van der Waals surface area contributed by atoms with E-state index in [-0.39, 0.29) is 6.10 Å². The summed E-state index contributed by atoms with van der Waals surface area (Å²) in [6.45, 7) is 6.67. The average Bonchev–Trinajstić information content (AvgIpc) is 2.42. The lowest BCUT2D eigenvalue weighted by molar-refractivity contribution is 0.0954. The summed E-state index contributed by atoms with van der Waals surface area (Å²) < 4.78 is 6.09. The number of nitrogen functional groups attached to an aromatic ring is 1. The number of aromatic nitrogens is 2. The Bertz CT molecular complexity index is 424. The van der Waals surface area contributed by atoms with Crippen molar-refractivity contribution in [1.82, 2.24) is 9.97 Å². The number of hydrogen-bond acceptors (Lipinski definition) is 5. The number of nitrogens with two attached hydrogens (primary N) is 1. The van der Waals surface area contributed by atoms with E-state index in [1.807, 2.05) is 0 Å². The van der Waals surface area contributed by atoms with Crippen LogP contribution in [-0.2, 0) is 6.42 Å². The second-order valence-corrected chi connectivity index (χ2v) is 5.51. The largest absolute Gasteiger partial charge is 0.474 e. The zero-order valence-electron chi connectivity index (χ0n) is 12.0.